The van der Waals surface area contributed by atoms with Crippen molar-refractivity contribution in [2.45, 2.75) is 31.0 Å². The van der Waals surface area contributed by atoms with Gasteiger partial charge in [0.25, 0.3) is 0 Å². The largest absolute Gasteiger partial charge is 0.379 e. The maximum absolute atomic E-state index is 12.4. The highest BCUT2D eigenvalue weighted by Crippen LogP contribution is 2.16. The van der Waals surface area contributed by atoms with Crippen molar-refractivity contribution >= 4 is 16.1 Å². The molecule has 1 aliphatic rings. The summed E-state index contributed by atoms with van der Waals surface area (Å²) in [6.45, 7) is 6.39. The van der Waals surface area contributed by atoms with Crippen molar-refractivity contribution in [1.29, 1.82) is 0 Å². The summed E-state index contributed by atoms with van der Waals surface area (Å²) < 4.78 is 28.1. The van der Waals surface area contributed by atoms with Gasteiger partial charge in [-0.3, -0.25) is 4.90 Å². The predicted molar refractivity (Wildman–Crippen MR) is 114 cm³/mol. The minimum absolute atomic E-state index is 0.0415. The SMILES string of the molecule is C[C@@H](NC(=O)NCc1ccccc1CN1CCOCC1)c1ccc(S(N)(=O)=O)cc1. The lowest BCUT2D eigenvalue weighted by atomic mass is 10.1. The van der Waals surface area contributed by atoms with Crippen LogP contribution in [0.5, 0.6) is 0 Å². The first kappa shape index (κ1) is 22.2. The third kappa shape index (κ3) is 6.27. The van der Waals surface area contributed by atoms with Crippen LogP contribution in [0.1, 0.15) is 29.7 Å². The first-order chi connectivity index (χ1) is 14.3. The van der Waals surface area contributed by atoms with Gasteiger partial charge in [0.2, 0.25) is 10.0 Å². The zero-order chi connectivity index (χ0) is 21.6. The van der Waals surface area contributed by atoms with Crippen molar-refractivity contribution < 1.29 is 17.9 Å². The highest BCUT2D eigenvalue weighted by Gasteiger charge is 2.14. The van der Waals surface area contributed by atoms with Gasteiger partial charge in [0.1, 0.15) is 0 Å². The van der Waals surface area contributed by atoms with Gasteiger partial charge in [-0.2, -0.15) is 0 Å². The van der Waals surface area contributed by atoms with Crippen molar-refractivity contribution in [2.75, 3.05) is 26.3 Å². The summed E-state index contributed by atoms with van der Waals surface area (Å²) in [4.78, 5) is 14.7. The molecule has 0 radical (unpaired) electrons. The van der Waals surface area contributed by atoms with E-state index in [-0.39, 0.29) is 17.0 Å². The van der Waals surface area contributed by atoms with Crippen LogP contribution < -0.4 is 15.8 Å². The Morgan fingerprint density at radius 2 is 1.73 bits per heavy atom. The molecule has 0 spiro atoms. The summed E-state index contributed by atoms with van der Waals surface area (Å²) in [6.07, 6.45) is 0. The quantitative estimate of drug-likeness (QED) is 0.617. The van der Waals surface area contributed by atoms with E-state index in [0.717, 1.165) is 44.0 Å². The lowest BCUT2D eigenvalue weighted by Crippen LogP contribution is -2.37. The summed E-state index contributed by atoms with van der Waals surface area (Å²) in [7, 11) is -3.73. The molecule has 0 aromatic heterocycles. The zero-order valence-corrected chi connectivity index (χ0v) is 17.8. The Balaban J connectivity index is 1.54. The minimum atomic E-state index is -3.73. The molecule has 162 valence electrons. The number of urea groups is 1. The van der Waals surface area contributed by atoms with Gasteiger partial charge in [-0.15, -0.1) is 0 Å². The van der Waals surface area contributed by atoms with E-state index in [2.05, 4.69) is 21.6 Å². The number of nitrogens with one attached hydrogen (secondary N) is 2. The number of nitrogens with two attached hydrogens (primary N) is 1. The molecule has 2 aromatic rings. The van der Waals surface area contributed by atoms with Gasteiger partial charge >= 0.3 is 6.03 Å². The molecule has 3 rings (SSSR count). The van der Waals surface area contributed by atoms with Crippen LogP contribution in [0.3, 0.4) is 0 Å². The second kappa shape index (κ2) is 10.0. The Morgan fingerprint density at radius 3 is 2.37 bits per heavy atom. The van der Waals surface area contributed by atoms with Gasteiger partial charge in [0.15, 0.2) is 0 Å². The second-order valence-corrected chi connectivity index (χ2v) is 8.88. The lowest BCUT2D eigenvalue weighted by molar-refractivity contribution is 0.0341. The fourth-order valence-corrected chi connectivity index (χ4v) is 3.85. The Labute approximate surface area is 177 Å². The summed E-state index contributed by atoms with van der Waals surface area (Å²) in [5.74, 6) is 0. The van der Waals surface area contributed by atoms with Crippen molar-refractivity contribution in [3.8, 4) is 0 Å². The zero-order valence-electron chi connectivity index (χ0n) is 17.0. The highest BCUT2D eigenvalue weighted by atomic mass is 32.2. The molecule has 0 aliphatic carbocycles. The van der Waals surface area contributed by atoms with E-state index in [1.807, 2.05) is 25.1 Å². The Morgan fingerprint density at radius 1 is 1.10 bits per heavy atom. The fraction of sp³-hybridized carbons (Fsp3) is 0.381. The molecular weight excluding hydrogens is 404 g/mol. The molecule has 1 atom stereocenters. The average molecular weight is 433 g/mol. The number of hydrogen-bond donors (Lipinski definition) is 3. The lowest BCUT2D eigenvalue weighted by Gasteiger charge is -2.27. The monoisotopic (exact) mass is 432 g/mol. The number of primary sulfonamides is 1. The highest BCUT2D eigenvalue weighted by molar-refractivity contribution is 7.89. The molecule has 0 bridgehead atoms. The molecule has 4 N–H and O–H groups in total. The number of nitrogens with zero attached hydrogens (tertiary/aromatic N) is 1. The van der Waals surface area contributed by atoms with Crippen LogP contribution in [-0.4, -0.2) is 45.7 Å². The smallest absolute Gasteiger partial charge is 0.315 e. The number of ether oxygens (including phenoxy) is 1. The molecule has 1 heterocycles. The molecule has 2 aromatic carbocycles. The van der Waals surface area contributed by atoms with Crippen LogP contribution in [0.15, 0.2) is 53.4 Å². The van der Waals surface area contributed by atoms with Gasteiger partial charge in [0, 0.05) is 26.2 Å². The van der Waals surface area contributed by atoms with Gasteiger partial charge in [-0.05, 0) is 35.7 Å². The normalized spacial score (nSPS) is 16.1. The molecule has 8 nitrogen and oxygen atoms in total. The van der Waals surface area contributed by atoms with E-state index in [1.54, 1.807) is 12.1 Å². The van der Waals surface area contributed by atoms with Crippen molar-refractivity contribution in [3.05, 3.63) is 65.2 Å². The molecule has 9 heteroatoms. The molecule has 1 fully saturated rings. The van der Waals surface area contributed by atoms with Crippen LogP contribution in [0.4, 0.5) is 4.79 Å². The predicted octanol–water partition coefficient (Wildman–Crippen LogP) is 1.73. The number of hydrogen-bond acceptors (Lipinski definition) is 5. The van der Waals surface area contributed by atoms with Gasteiger partial charge < -0.3 is 15.4 Å². The molecule has 0 unspecified atom stereocenters. The topological polar surface area (TPSA) is 114 Å². The average Bonchev–Trinajstić information content (AvgIpc) is 2.73. The third-order valence-corrected chi connectivity index (χ3v) is 6.04. The van der Waals surface area contributed by atoms with Crippen LogP contribution >= 0.6 is 0 Å². The van der Waals surface area contributed by atoms with E-state index >= 15 is 0 Å². The fourth-order valence-electron chi connectivity index (χ4n) is 3.34. The molecule has 1 aliphatic heterocycles. The maximum atomic E-state index is 12.4. The Bertz CT molecular complexity index is 957. The number of carbonyl (C=O) groups excluding carboxylic acids is 1. The van der Waals surface area contributed by atoms with E-state index in [0.29, 0.717) is 6.54 Å². The number of rotatable bonds is 7. The standard InChI is InChI=1S/C21H28N4O4S/c1-16(17-6-8-20(9-7-17)30(22,27)28)24-21(26)23-14-18-4-2-3-5-19(18)15-25-10-12-29-13-11-25/h2-9,16H,10-15H2,1H3,(H2,22,27,28)(H2,23,24,26)/t16-/m1/s1. The van der Waals surface area contributed by atoms with Gasteiger partial charge in [0.05, 0.1) is 24.2 Å². The van der Waals surface area contributed by atoms with E-state index in [9.17, 15) is 13.2 Å². The van der Waals surface area contributed by atoms with Crippen LogP contribution in [0.2, 0.25) is 0 Å². The minimum Gasteiger partial charge on any atom is -0.379 e. The van der Waals surface area contributed by atoms with Crippen molar-refractivity contribution in [2.24, 2.45) is 5.14 Å². The summed E-state index contributed by atoms with van der Waals surface area (Å²) in [5.41, 5.74) is 3.04. The van der Waals surface area contributed by atoms with Crippen molar-refractivity contribution in [3.63, 3.8) is 0 Å². The van der Waals surface area contributed by atoms with Crippen molar-refractivity contribution in [1.82, 2.24) is 15.5 Å². The van der Waals surface area contributed by atoms with Crippen LogP contribution in [0, 0.1) is 0 Å². The summed E-state index contributed by atoms with van der Waals surface area (Å²) in [5, 5.41) is 10.9. The van der Waals surface area contributed by atoms with E-state index < -0.39 is 10.0 Å². The van der Waals surface area contributed by atoms with E-state index in [4.69, 9.17) is 9.88 Å². The number of amides is 2. The van der Waals surface area contributed by atoms with Gasteiger partial charge in [-0.1, -0.05) is 36.4 Å². The van der Waals surface area contributed by atoms with Crippen LogP contribution in [0.25, 0.3) is 0 Å². The summed E-state index contributed by atoms with van der Waals surface area (Å²) in [6, 6.07) is 13.6. The maximum Gasteiger partial charge on any atom is 0.315 e. The first-order valence-electron chi connectivity index (χ1n) is 9.87. The second-order valence-electron chi connectivity index (χ2n) is 7.32. The molecule has 1 saturated heterocycles. The number of benzene rings is 2. The Kier molecular flexibility index (Phi) is 7.43. The van der Waals surface area contributed by atoms with Crippen LogP contribution in [-0.2, 0) is 27.8 Å². The number of morpholine rings is 1. The molecule has 2 amide bonds. The third-order valence-electron chi connectivity index (χ3n) is 5.11. The number of sulfonamides is 1. The Hall–Kier alpha value is -2.46. The van der Waals surface area contributed by atoms with Gasteiger partial charge in [-0.25, -0.2) is 18.4 Å². The molecule has 0 saturated carbocycles. The molecular formula is C21H28N4O4S. The first-order valence-corrected chi connectivity index (χ1v) is 11.4. The molecule has 30 heavy (non-hydrogen) atoms. The summed E-state index contributed by atoms with van der Waals surface area (Å²) >= 11 is 0. The number of carbonyl (C=O) groups is 1. The van der Waals surface area contributed by atoms with E-state index in [1.165, 1.54) is 17.7 Å².